The van der Waals surface area contributed by atoms with Crippen molar-refractivity contribution >= 4 is 21.6 Å². The average molecular weight is 400 g/mol. The third-order valence-electron chi connectivity index (χ3n) is 5.07. The third-order valence-corrected chi connectivity index (χ3v) is 6.26. The SMILES string of the molecule is COC[C@@H](O)CN(Cc1ccccc1)Cc1nc2sc3c(c2c(=O)[nH]1)CCC3. The van der Waals surface area contributed by atoms with E-state index < -0.39 is 6.10 Å². The Morgan fingerprint density at radius 2 is 2.11 bits per heavy atom. The number of rotatable bonds is 8. The Hall–Kier alpha value is -2.06. The van der Waals surface area contributed by atoms with Gasteiger partial charge in [0.25, 0.3) is 5.56 Å². The number of H-pyrrole nitrogens is 1. The van der Waals surface area contributed by atoms with Gasteiger partial charge in [0, 0.05) is 25.1 Å². The van der Waals surface area contributed by atoms with Gasteiger partial charge in [-0.1, -0.05) is 30.3 Å². The fourth-order valence-electron chi connectivity index (χ4n) is 3.90. The van der Waals surface area contributed by atoms with Crippen molar-refractivity contribution in [3.05, 3.63) is 62.5 Å². The molecule has 1 atom stereocenters. The molecule has 3 aromatic rings. The monoisotopic (exact) mass is 399 g/mol. The molecule has 0 amide bonds. The van der Waals surface area contributed by atoms with E-state index in [4.69, 9.17) is 9.72 Å². The van der Waals surface area contributed by atoms with Gasteiger partial charge >= 0.3 is 0 Å². The maximum absolute atomic E-state index is 12.7. The highest BCUT2D eigenvalue weighted by Gasteiger charge is 2.22. The summed E-state index contributed by atoms with van der Waals surface area (Å²) in [7, 11) is 1.58. The van der Waals surface area contributed by atoms with Crippen LogP contribution in [0.15, 0.2) is 35.1 Å². The van der Waals surface area contributed by atoms with Crippen LogP contribution in [-0.4, -0.2) is 46.3 Å². The number of ether oxygens (including phenoxy) is 1. The minimum atomic E-state index is -0.602. The summed E-state index contributed by atoms with van der Waals surface area (Å²) in [6.45, 7) is 1.82. The van der Waals surface area contributed by atoms with Gasteiger partial charge in [-0.3, -0.25) is 9.69 Å². The van der Waals surface area contributed by atoms with E-state index in [9.17, 15) is 9.90 Å². The standard InChI is InChI=1S/C21H25N3O3S/c1-27-13-15(25)11-24(10-14-6-3-2-4-7-14)12-18-22-20(26)19-16-8-5-9-17(16)28-21(19)23-18/h2-4,6-7,15,25H,5,8-13H2,1H3,(H,22,23,26)/t15-/m0/s1. The number of thiophene rings is 1. The van der Waals surface area contributed by atoms with E-state index in [1.165, 1.54) is 10.4 Å². The summed E-state index contributed by atoms with van der Waals surface area (Å²) >= 11 is 1.65. The summed E-state index contributed by atoms with van der Waals surface area (Å²) in [5, 5.41) is 11.0. The van der Waals surface area contributed by atoms with Crippen LogP contribution < -0.4 is 5.56 Å². The van der Waals surface area contributed by atoms with Gasteiger partial charge in [0.05, 0.1) is 24.6 Å². The maximum atomic E-state index is 12.7. The number of aryl methyl sites for hydroxylation is 2. The average Bonchev–Trinajstić information content (AvgIpc) is 3.23. The van der Waals surface area contributed by atoms with Gasteiger partial charge in [-0.25, -0.2) is 4.98 Å². The van der Waals surface area contributed by atoms with Crippen molar-refractivity contribution in [3.63, 3.8) is 0 Å². The number of hydrogen-bond acceptors (Lipinski definition) is 6. The number of aliphatic hydroxyl groups excluding tert-OH is 1. The summed E-state index contributed by atoms with van der Waals surface area (Å²) in [6.07, 6.45) is 2.55. The first-order valence-electron chi connectivity index (χ1n) is 9.60. The molecule has 2 heterocycles. The summed E-state index contributed by atoms with van der Waals surface area (Å²) in [4.78, 5) is 24.7. The first-order valence-corrected chi connectivity index (χ1v) is 10.4. The molecule has 0 unspecified atom stereocenters. The highest BCUT2D eigenvalue weighted by Crippen LogP contribution is 2.34. The molecular formula is C21H25N3O3S. The number of nitrogens with one attached hydrogen (secondary N) is 1. The summed E-state index contributed by atoms with van der Waals surface area (Å²) in [5.74, 6) is 0.637. The number of aliphatic hydroxyl groups is 1. The molecule has 148 valence electrons. The molecule has 0 fully saturated rings. The molecule has 28 heavy (non-hydrogen) atoms. The third kappa shape index (κ3) is 4.17. The number of benzene rings is 1. The van der Waals surface area contributed by atoms with E-state index in [1.54, 1.807) is 18.4 Å². The van der Waals surface area contributed by atoms with E-state index in [-0.39, 0.29) is 12.2 Å². The molecule has 1 aromatic carbocycles. The summed E-state index contributed by atoms with van der Waals surface area (Å²) in [6, 6.07) is 10.1. The van der Waals surface area contributed by atoms with Crippen LogP contribution >= 0.6 is 11.3 Å². The fourth-order valence-corrected chi connectivity index (χ4v) is 5.18. The van der Waals surface area contributed by atoms with Crippen molar-refractivity contribution in [2.45, 2.75) is 38.5 Å². The number of methoxy groups -OCH3 is 1. The van der Waals surface area contributed by atoms with Crippen LogP contribution in [0.1, 0.15) is 28.2 Å². The fraction of sp³-hybridized carbons (Fsp3) is 0.429. The molecule has 1 aliphatic rings. The van der Waals surface area contributed by atoms with Crippen LogP contribution in [-0.2, 0) is 30.7 Å². The zero-order chi connectivity index (χ0) is 19.5. The lowest BCUT2D eigenvalue weighted by molar-refractivity contribution is 0.0332. The van der Waals surface area contributed by atoms with Crippen LogP contribution in [0, 0.1) is 0 Å². The Labute approximate surface area is 167 Å². The van der Waals surface area contributed by atoms with E-state index in [1.807, 2.05) is 18.2 Å². The predicted octanol–water partition coefficient (Wildman–Crippen LogP) is 2.48. The summed E-state index contributed by atoms with van der Waals surface area (Å²) in [5.41, 5.74) is 2.29. The van der Waals surface area contributed by atoms with Crippen molar-refractivity contribution in [1.82, 2.24) is 14.9 Å². The normalized spacial score (nSPS) is 14.7. The van der Waals surface area contributed by atoms with Gasteiger partial charge in [-0.15, -0.1) is 11.3 Å². The van der Waals surface area contributed by atoms with Crippen LogP contribution in [0.5, 0.6) is 0 Å². The van der Waals surface area contributed by atoms with Gasteiger partial charge in [-0.2, -0.15) is 0 Å². The zero-order valence-electron chi connectivity index (χ0n) is 16.0. The summed E-state index contributed by atoms with van der Waals surface area (Å²) < 4.78 is 5.07. The Morgan fingerprint density at radius 1 is 1.29 bits per heavy atom. The molecule has 0 spiro atoms. The van der Waals surface area contributed by atoms with Crippen LogP contribution in [0.25, 0.3) is 10.2 Å². The lowest BCUT2D eigenvalue weighted by Gasteiger charge is -2.24. The topological polar surface area (TPSA) is 78.5 Å². The van der Waals surface area contributed by atoms with Crippen molar-refractivity contribution < 1.29 is 9.84 Å². The second-order valence-corrected chi connectivity index (χ2v) is 8.40. The molecule has 0 aliphatic heterocycles. The maximum Gasteiger partial charge on any atom is 0.259 e. The van der Waals surface area contributed by atoms with Gasteiger partial charge < -0.3 is 14.8 Å². The molecule has 4 rings (SSSR count). The van der Waals surface area contributed by atoms with Crippen LogP contribution in [0.3, 0.4) is 0 Å². The lowest BCUT2D eigenvalue weighted by atomic mass is 10.2. The molecule has 0 saturated heterocycles. The second-order valence-electron chi connectivity index (χ2n) is 7.31. The minimum Gasteiger partial charge on any atom is -0.389 e. The largest absolute Gasteiger partial charge is 0.389 e. The predicted molar refractivity (Wildman–Crippen MR) is 111 cm³/mol. The molecular weight excluding hydrogens is 374 g/mol. The van der Waals surface area contributed by atoms with Crippen LogP contribution in [0.2, 0.25) is 0 Å². The first kappa shape index (κ1) is 19.3. The van der Waals surface area contributed by atoms with Crippen molar-refractivity contribution in [2.75, 3.05) is 20.3 Å². The van der Waals surface area contributed by atoms with Crippen LogP contribution in [0.4, 0.5) is 0 Å². The van der Waals surface area contributed by atoms with Gasteiger partial charge in [0.2, 0.25) is 0 Å². The molecule has 0 bridgehead atoms. The van der Waals surface area contributed by atoms with Gasteiger partial charge in [0.1, 0.15) is 10.7 Å². The molecule has 2 N–H and O–H groups in total. The number of fused-ring (bicyclic) bond motifs is 3. The Morgan fingerprint density at radius 3 is 2.89 bits per heavy atom. The Bertz CT molecular complexity index is 999. The van der Waals surface area contributed by atoms with Crippen molar-refractivity contribution in [1.29, 1.82) is 0 Å². The molecule has 0 saturated carbocycles. The van der Waals surface area contributed by atoms with Gasteiger partial charge in [0.15, 0.2) is 0 Å². The van der Waals surface area contributed by atoms with E-state index in [0.717, 1.165) is 35.0 Å². The van der Waals surface area contributed by atoms with Crippen molar-refractivity contribution in [2.24, 2.45) is 0 Å². The molecule has 1 aliphatic carbocycles. The smallest absolute Gasteiger partial charge is 0.259 e. The number of nitrogens with zero attached hydrogens (tertiary/aromatic N) is 2. The molecule has 7 heteroatoms. The van der Waals surface area contributed by atoms with Crippen molar-refractivity contribution in [3.8, 4) is 0 Å². The zero-order valence-corrected chi connectivity index (χ0v) is 16.8. The molecule has 0 radical (unpaired) electrons. The highest BCUT2D eigenvalue weighted by atomic mass is 32.1. The Balaban J connectivity index is 1.59. The molecule has 2 aromatic heterocycles. The quantitative estimate of drug-likeness (QED) is 0.608. The second kappa shape index (κ2) is 8.53. The first-order chi connectivity index (χ1) is 13.6. The van der Waals surface area contributed by atoms with E-state index >= 15 is 0 Å². The highest BCUT2D eigenvalue weighted by molar-refractivity contribution is 7.18. The number of aromatic nitrogens is 2. The Kier molecular flexibility index (Phi) is 5.87. The number of hydrogen-bond donors (Lipinski definition) is 2. The van der Waals surface area contributed by atoms with E-state index in [0.29, 0.717) is 25.5 Å². The van der Waals surface area contributed by atoms with Gasteiger partial charge in [-0.05, 0) is 30.4 Å². The molecule has 6 nitrogen and oxygen atoms in total. The lowest BCUT2D eigenvalue weighted by Crippen LogP contribution is -2.35. The van der Waals surface area contributed by atoms with E-state index in [2.05, 4.69) is 22.0 Å². The number of aromatic amines is 1. The minimum absolute atomic E-state index is 0.0449.